The van der Waals surface area contributed by atoms with Crippen LogP contribution in [0.3, 0.4) is 0 Å². The Morgan fingerprint density at radius 3 is 2.27 bits per heavy atom. The highest BCUT2D eigenvalue weighted by molar-refractivity contribution is 6.36. The summed E-state index contributed by atoms with van der Waals surface area (Å²) in [7, 11) is 2.93. The van der Waals surface area contributed by atoms with Crippen molar-refractivity contribution in [1.29, 1.82) is 0 Å². The molecular weight excluding hydrogens is 304 g/mol. The summed E-state index contributed by atoms with van der Waals surface area (Å²) in [5.74, 6) is 0.132. The van der Waals surface area contributed by atoms with E-state index in [9.17, 15) is 9.59 Å². The van der Waals surface area contributed by atoms with E-state index in [4.69, 9.17) is 21.1 Å². The van der Waals surface area contributed by atoms with Crippen molar-refractivity contribution in [1.82, 2.24) is 0 Å². The Bertz CT molecular complexity index is 695. The first-order chi connectivity index (χ1) is 10.6. The first-order valence-electron chi connectivity index (χ1n) is 6.59. The normalized spacial score (nSPS) is 10.1. The number of carbonyl (C=O) groups is 2. The number of ketones is 2. The summed E-state index contributed by atoms with van der Waals surface area (Å²) in [5.41, 5.74) is 0.698. The average molecular weight is 319 g/mol. The summed E-state index contributed by atoms with van der Waals surface area (Å²) < 4.78 is 10.2. The van der Waals surface area contributed by atoms with E-state index in [0.717, 1.165) is 0 Å². The van der Waals surface area contributed by atoms with Crippen LogP contribution in [0.5, 0.6) is 11.5 Å². The van der Waals surface area contributed by atoms with Gasteiger partial charge in [0.2, 0.25) is 0 Å². The third-order valence-corrected chi connectivity index (χ3v) is 3.58. The quantitative estimate of drug-likeness (QED) is 0.600. The maximum Gasteiger partial charge on any atom is 0.172 e. The minimum Gasteiger partial charge on any atom is -0.497 e. The van der Waals surface area contributed by atoms with E-state index in [0.29, 0.717) is 17.1 Å². The number of carbonyl (C=O) groups excluding carboxylic acids is 2. The molecule has 0 aromatic heterocycles. The van der Waals surface area contributed by atoms with Crippen molar-refractivity contribution >= 4 is 23.2 Å². The number of halogens is 1. The molecule has 0 aliphatic rings. The second kappa shape index (κ2) is 7.09. The van der Waals surface area contributed by atoms with Gasteiger partial charge in [-0.15, -0.1) is 0 Å². The van der Waals surface area contributed by atoms with Crippen molar-refractivity contribution < 1.29 is 19.1 Å². The lowest BCUT2D eigenvalue weighted by atomic mass is 10.0. The van der Waals surface area contributed by atoms with Crippen molar-refractivity contribution in [3.8, 4) is 11.5 Å². The lowest BCUT2D eigenvalue weighted by molar-refractivity contribution is 0.0894. The molecule has 5 heteroatoms. The smallest absolute Gasteiger partial charge is 0.172 e. The van der Waals surface area contributed by atoms with E-state index in [1.54, 1.807) is 30.3 Å². The Labute approximate surface area is 133 Å². The van der Waals surface area contributed by atoms with Crippen molar-refractivity contribution in [3.05, 3.63) is 58.6 Å². The summed E-state index contributed by atoms with van der Waals surface area (Å²) in [6, 6.07) is 11.7. The van der Waals surface area contributed by atoms with Crippen molar-refractivity contribution in [3.63, 3.8) is 0 Å². The lowest BCUT2D eigenvalue weighted by Crippen LogP contribution is -2.09. The number of hydrogen-bond donors (Lipinski definition) is 0. The van der Waals surface area contributed by atoms with Gasteiger partial charge < -0.3 is 9.47 Å². The maximum absolute atomic E-state index is 12.4. The summed E-state index contributed by atoms with van der Waals surface area (Å²) in [6.07, 6.45) is -0.264. The summed E-state index contributed by atoms with van der Waals surface area (Å²) >= 11 is 6.15. The highest BCUT2D eigenvalue weighted by Crippen LogP contribution is 2.33. The largest absolute Gasteiger partial charge is 0.497 e. The third kappa shape index (κ3) is 3.46. The molecule has 4 nitrogen and oxygen atoms in total. The Hall–Kier alpha value is -2.33. The van der Waals surface area contributed by atoms with Crippen molar-refractivity contribution in [2.45, 2.75) is 6.42 Å². The average Bonchev–Trinajstić information content (AvgIpc) is 2.55. The van der Waals surface area contributed by atoms with Gasteiger partial charge in [-0.25, -0.2) is 0 Å². The Morgan fingerprint density at radius 1 is 1.00 bits per heavy atom. The molecule has 0 saturated carbocycles. The van der Waals surface area contributed by atoms with E-state index in [-0.39, 0.29) is 28.6 Å². The van der Waals surface area contributed by atoms with Crippen molar-refractivity contribution in [2.75, 3.05) is 14.2 Å². The molecule has 0 saturated heterocycles. The minimum absolute atomic E-state index is 0.175. The second-order valence-corrected chi connectivity index (χ2v) is 4.96. The molecule has 114 valence electrons. The molecular formula is C17H15ClO4. The van der Waals surface area contributed by atoms with Gasteiger partial charge in [0.25, 0.3) is 0 Å². The Kier molecular flexibility index (Phi) is 5.17. The van der Waals surface area contributed by atoms with Crippen LogP contribution in [0.15, 0.2) is 42.5 Å². The molecule has 0 aliphatic carbocycles. The first-order valence-corrected chi connectivity index (χ1v) is 6.97. The fraction of sp³-hybridized carbons (Fsp3) is 0.176. The fourth-order valence-corrected chi connectivity index (χ4v) is 2.30. The molecule has 0 fully saturated rings. The van der Waals surface area contributed by atoms with Crippen LogP contribution in [0.25, 0.3) is 0 Å². The highest BCUT2D eigenvalue weighted by atomic mass is 35.5. The van der Waals surface area contributed by atoms with Gasteiger partial charge in [0.15, 0.2) is 11.6 Å². The van der Waals surface area contributed by atoms with Gasteiger partial charge in [0, 0.05) is 17.2 Å². The molecule has 0 amide bonds. The third-order valence-electron chi connectivity index (χ3n) is 3.19. The summed E-state index contributed by atoms with van der Waals surface area (Å²) in [4.78, 5) is 24.5. The van der Waals surface area contributed by atoms with Crippen LogP contribution in [-0.2, 0) is 0 Å². The molecule has 2 aromatic carbocycles. The zero-order valence-corrected chi connectivity index (χ0v) is 13.0. The van der Waals surface area contributed by atoms with Gasteiger partial charge >= 0.3 is 0 Å². The predicted octanol–water partition coefficient (Wildman–Crippen LogP) is 3.81. The van der Waals surface area contributed by atoms with Gasteiger partial charge in [0.05, 0.1) is 25.7 Å². The van der Waals surface area contributed by atoms with Gasteiger partial charge in [-0.3, -0.25) is 9.59 Å². The Morgan fingerprint density at radius 2 is 1.68 bits per heavy atom. The molecule has 22 heavy (non-hydrogen) atoms. The van der Waals surface area contributed by atoms with Crippen LogP contribution >= 0.6 is 11.6 Å². The van der Waals surface area contributed by atoms with Crippen LogP contribution in [0, 0.1) is 0 Å². The molecule has 0 spiro atoms. The SMILES string of the molecule is COc1cc(OC)c(Cl)c(C(=O)CC(=O)c2ccccc2)c1. The van der Waals surface area contributed by atoms with Crippen LogP contribution in [0.2, 0.25) is 5.02 Å². The van der Waals surface area contributed by atoms with Crippen molar-refractivity contribution in [2.24, 2.45) is 0 Å². The van der Waals surface area contributed by atoms with E-state index < -0.39 is 0 Å². The first kappa shape index (κ1) is 16.0. The van der Waals surface area contributed by atoms with Gasteiger partial charge in [0.1, 0.15) is 11.5 Å². The minimum atomic E-state index is -0.379. The maximum atomic E-state index is 12.4. The number of hydrogen-bond acceptors (Lipinski definition) is 4. The molecule has 0 heterocycles. The second-order valence-electron chi connectivity index (χ2n) is 4.58. The molecule has 2 rings (SSSR count). The molecule has 2 aromatic rings. The molecule has 0 unspecified atom stereocenters. The number of rotatable bonds is 6. The van der Waals surface area contributed by atoms with E-state index in [1.165, 1.54) is 20.3 Å². The standard InChI is InChI=1S/C17H15ClO4/c1-21-12-8-13(17(18)16(9-12)22-2)15(20)10-14(19)11-6-4-3-5-7-11/h3-9H,10H2,1-2H3. The molecule has 0 radical (unpaired) electrons. The number of benzene rings is 2. The molecule has 0 N–H and O–H groups in total. The van der Waals surface area contributed by atoms with E-state index in [1.807, 2.05) is 6.07 Å². The zero-order valence-electron chi connectivity index (χ0n) is 12.3. The predicted molar refractivity (Wildman–Crippen MR) is 84.3 cm³/mol. The van der Waals surface area contributed by atoms with E-state index in [2.05, 4.69) is 0 Å². The van der Waals surface area contributed by atoms with Crippen LogP contribution in [-0.4, -0.2) is 25.8 Å². The number of methoxy groups -OCH3 is 2. The van der Waals surface area contributed by atoms with Crippen LogP contribution < -0.4 is 9.47 Å². The van der Waals surface area contributed by atoms with Gasteiger partial charge in [-0.1, -0.05) is 41.9 Å². The molecule has 0 bridgehead atoms. The Balaban J connectivity index is 2.28. The van der Waals surface area contributed by atoms with E-state index >= 15 is 0 Å². The van der Waals surface area contributed by atoms with Crippen LogP contribution in [0.4, 0.5) is 0 Å². The monoisotopic (exact) mass is 318 g/mol. The summed E-state index contributed by atoms with van der Waals surface area (Å²) in [5, 5.41) is 0.175. The van der Waals surface area contributed by atoms with Gasteiger partial charge in [-0.2, -0.15) is 0 Å². The van der Waals surface area contributed by atoms with Crippen LogP contribution in [0.1, 0.15) is 27.1 Å². The zero-order chi connectivity index (χ0) is 16.1. The number of ether oxygens (including phenoxy) is 2. The lowest BCUT2D eigenvalue weighted by Gasteiger charge is -2.10. The summed E-state index contributed by atoms with van der Waals surface area (Å²) in [6.45, 7) is 0. The topological polar surface area (TPSA) is 52.6 Å². The van der Waals surface area contributed by atoms with Gasteiger partial charge in [-0.05, 0) is 6.07 Å². The molecule has 0 atom stereocenters. The fourth-order valence-electron chi connectivity index (χ4n) is 2.01. The highest BCUT2D eigenvalue weighted by Gasteiger charge is 2.19. The number of Topliss-reactive ketones (excluding diaryl/α,β-unsaturated/α-hetero) is 2. The molecule has 0 aliphatic heterocycles.